The van der Waals surface area contributed by atoms with Gasteiger partial charge in [0.2, 0.25) is 0 Å². The van der Waals surface area contributed by atoms with Gasteiger partial charge in [-0.15, -0.1) is 11.3 Å². The smallest absolute Gasteiger partial charge is 0.129 e. The minimum Gasteiger partial charge on any atom is -0.487 e. The molecule has 0 saturated carbocycles. The van der Waals surface area contributed by atoms with Gasteiger partial charge in [0.25, 0.3) is 0 Å². The molecule has 100 valence electrons. The van der Waals surface area contributed by atoms with Gasteiger partial charge in [-0.2, -0.15) is 0 Å². The molecule has 0 fully saturated rings. The third-order valence-electron chi connectivity index (χ3n) is 2.67. The Morgan fingerprint density at radius 1 is 1.37 bits per heavy atom. The van der Waals surface area contributed by atoms with Gasteiger partial charge in [0, 0.05) is 10.4 Å². The fraction of sp³-hybridized carbons (Fsp3) is 0.214. The summed E-state index contributed by atoms with van der Waals surface area (Å²) in [5.74, 6) is 0.699. The topological polar surface area (TPSA) is 41.8 Å². The van der Waals surface area contributed by atoms with Crippen molar-refractivity contribution in [2.75, 3.05) is 0 Å². The average Bonchev–Trinajstić information content (AvgIpc) is 2.82. The quantitative estimate of drug-likeness (QED) is 0.513. The maximum absolute atomic E-state index is 8.91. The Bertz CT molecular complexity index is 607. The number of ether oxygens (including phenoxy) is 1. The van der Waals surface area contributed by atoms with Gasteiger partial charge in [0.15, 0.2) is 0 Å². The van der Waals surface area contributed by atoms with Crippen molar-refractivity contribution in [3.05, 3.63) is 50.7 Å². The zero-order valence-corrected chi connectivity index (χ0v) is 12.3. The Morgan fingerprint density at radius 2 is 2.16 bits per heavy atom. The Hall–Kier alpha value is -1.52. The summed E-state index contributed by atoms with van der Waals surface area (Å²) in [5, 5.41) is 12.1. The van der Waals surface area contributed by atoms with E-state index in [1.165, 1.54) is 11.3 Å². The summed E-state index contributed by atoms with van der Waals surface area (Å²) in [6.07, 6.45) is 0. The van der Waals surface area contributed by atoms with E-state index in [0.29, 0.717) is 18.1 Å². The second-order valence-electron chi connectivity index (χ2n) is 4.18. The summed E-state index contributed by atoms with van der Waals surface area (Å²) < 4.78 is 6.52. The molecule has 1 aromatic heterocycles. The number of nitrogens with zero attached hydrogens (tertiary/aromatic N) is 1. The first-order valence-electron chi connectivity index (χ1n) is 5.77. The zero-order valence-electron chi connectivity index (χ0n) is 10.7. The molecule has 0 unspecified atom stereocenters. The SMILES string of the molecule is C/C(=N\O)c1cc(C)ccc1OCc1ccc(Cl)s1. The molecule has 3 nitrogen and oxygen atoms in total. The molecule has 0 aliphatic heterocycles. The average molecular weight is 296 g/mol. The molecule has 0 atom stereocenters. The minimum absolute atomic E-state index is 0.451. The summed E-state index contributed by atoms with van der Waals surface area (Å²) in [5.41, 5.74) is 2.41. The second kappa shape index (κ2) is 6.08. The van der Waals surface area contributed by atoms with E-state index in [-0.39, 0.29) is 0 Å². The molecule has 5 heteroatoms. The molecule has 1 aromatic carbocycles. The van der Waals surface area contributed by atoms with Crippen LogP contribution in [-0.4, -0.2) is 10.9 Å². The minimum atomic E-state index is 0.451. The fourth-order valence-electron chi connectivity index (χ4n) is 1.68. The number of rotatable bonds is 4. The van der Waals surface area contributed by atoms with E-state index in [1.807, 2.05) is 37.3 Å². The Kier molecular flexibility index (Phi) is 4.45. The van der Waals surface area contributed by atoms with Crippen LogP contribution >= 0.6 is 22.9 Å². The number of hydrogen-bond acceptors (Lipinski definition) is 4. The number of thiophene rings is 1. The van der Waals surface area contributed by atoms with E-state index in [1.54, 1.807) is 6.92 Å². The zero-order chi connectivity index (χ0) is 13.8. The molecular formula is C14H14ClNO2S. The second-order valence-corrected chi connectivity index (χ2v) is 5.98. The summed E-state index contributed by atoms with van der Waals surface area (Å²) in [4.78, 5) is 1.05. The van der Waals surface area contributed by atoms with Crippen LogP contribution in [0.25, 0.3) is 0 Å². The van der Waals surface area contributed by atoms with E-state index in [4.69, 9.17) is 21.5 Å². The predicted molar refractivity (Wildman–Crippen MR) is 78.8 cm³/mol. The van der Waals surface area contributed by atoms with Gasteiger partial charge in [-0.3, -0.25) is 0 Å². The maximum Gasteiger partial charge on any atom is 0.129 e. The lowest BCUT2D eigenvalue weighted by Gasteiger charge is -2.11. The van der Waals surface area contributed by atoms with Crippen LogP contribution in [0.3, 0.4) is 0 Å². The third kappa shape index (κ3) is 3.49. The summed E-state index contributed by atoms with van der Waals surface area (Å²) >= 11 is 7.37. The molecule has 2 rings (SSSR count). The lowest BCUT2D eigenvalue weighted by Crippen LogP contribution is -2.02. The van der Waals surface area contributed by atoms with E-state index in [0.717, 1.165) is 20.3 Å². The maximum atomic E-state index is 8.91. The van der Waals surface area contributed by atoms with E-state index >= 15 is 0 Å². The first kappa shape index (κ1) is 13.9. The van der Waals surface area contributed by atoms with Gasteiger partial charge in [0.05, 0.1) is 10.0 Å². The van der Waals surface area contributed by atoms with Crippen molar-refractivity contribution in [2.24, 2.45) is 5.16 Å². The van der Waals surface area contributed by atoms with Gasteiger partial charge in [-0.25, -0.2) is 0 Å². The van der Waals surface area contributed by atoms with Crippen LogP contribution in [0.5, 0.6) is 5.75 Å². The van der Waals surface area contributed by atoms with Crippen LogP contribution in [0.1, 0.15) is 22.9 Å². The van der Waals surface area contributed by atoms with Gasteiger partial charge in [0.1, 0.15) is 12.4 Å². The Balaban J connectivity index is 2.20. The first-order chi connectivity index (χ1) is 9.10. The number of aryl methyl sites for hydroxylation is 1. The van der Waals surface area contributed by atoms with Crippen molar-refractivity contribution in [1.82, 2.24) is 0 Å². The van der Waals surface area contributed by atoms with Crippen LogP contribution < -0.4 is 4.74 Å². The summed E-state index contributed by atoms with van der Waals surface area (Å²) in [6.45, 7) is 4.17. The van der Waals surface area contributed by atoms with Crippen molar-refractivity contribution in [3.63, 3.8) is 0 Å². The molecule has 0 aliphatic carbocycles. The van der Waals surface area contributed by atoms with E-state index < -0.39 is 0 Å². The normalized spacial score (nSPS) is 11.6. The molecule has 0 radical (unpaired) electrons. The van der Waals surface area contributed by atoms with E-state index in [9.17, 15) is 0 Å². The van der Waals surface area contributed by atoms with Crippen molar-refractivity contribution >= 4 is 28.6 Å². The van der Waals surface area contributed by atoms with Crippen molar-refractivity contribution < 1.29 is 9.94 Å². The van der Waals surface area contributed by atoms with Crippen molar-refractivity contribution in [2.45, 2.75) is 20.5 Å². The molecule has 0 aliphatic rings. The standard InChI is InChI=1S/C14H14ClNO2S/c1-9-3-5-13(12(7-9)10(2)16-17)18-8-11-4-6-14(15)19-11/h3-7,17H,8H2,1-2H3/b16-10+. The monoisotopic (exact) mass is 295 g/mol. The Labute approximate surface area is 121 Å². The Morgan fingerprint density at radius 3 is 2.79 bits per heavy atom. The molecule has 1 heterocycles. The largest absolute Gasteiger partial charge is 0.487 e. The molecule has 0 spiro atoms. The number of hydrogen-bond donors (Lipinski definition) is 1. The van der Waals surface area contributed by atoms with Gasteiger partial charge in [-0.1, -0.05) is 28.4 Å². The van der Waals surface area contributed by atoms with Crippen LogP contribution in [0.2, 0.25) is 4.34 Å². The summed E-state index contributed by atoms with van der Waals surface area (Å²) in [7, 11) is 0. The van der Waals surface area contributed by atoms with E-state index in [2.05, 4.69) is 5.16 Å². The third-order valence-corrected chi connectivity index (χ3v) is 3.88. The van der Waals surface area contributed by atoms with Crippen LogP contribution in [0, 0.1) is 6.92 Å². The van der Waals surface area contributed by atoms with Gasteiger partial charge in [-0.05, 0) is 38.1 Å². The van der Waals surface area contributed by atoms with Crippen LogP contribution in [0.4, 0.5) is 0 Å². The molecule has 0 amide bonds. The molecule has 19 heavy (non-hydrogen) atoms. The van der Waals surface area contributed by atoms with Gasteiger partial charge >= 0.3 is 0 Å². The number of halogens is 1. The van der Waals surface area contributed by atoms with Gasteiger partial charge < -0.3 is 9.94 Å². The predicted octanol–water partition coefficient (Wildman–Crippen LogP) is 4.49. The number of benzene rings is 1. The fourth-order valence-corrected chi connectivity index (χ4v) is 2.69. The van der Waals surface area contributed by atoms with Crippen LogP contribution in [0.15, 0.2) is 35.5 Å². The molecule has 2 aromatic rings. The first-order valence-corrected chi connectivity index (χ1v) is 6.96. The molecule has 0 bridgehead atoms. The molecule has 0 saturated heterocycles. The molecular weight excluding hydrogens is 282 g/mol. The highest BCUT2D eigenvalue weighted by molar-refractivity contribution is 7.16. The molecule has 1 N–H and O–H groups in total. The highest BCUT2D eigenvalue weighted by Crippen LogP contribution is 2.25. The lowest BCUT2D eigenvalue weighted by molar-refractivity contribution is 0.306. The highest BCUT2D eigenvalue weighted by atomic mass is 35.5. The number of oxime groups is 1. The lowest BCUT2D eigenvalue weighted by atomic mass is 10.1. The van der Waals surface area contributed by atoms with Crippen molar-refractivity contribution in [3.8, 4) is 5.75 Å². The van der Waals surface area contributed by atoms with Crippen LogP contribution in [-0.2, 0) is 6.61 Å². The highest BCUT2D eigenvalue weighted by Gasteiger charge is 2.09. The van der Waals surface area contributed by atoms with Crippen molar-refractivity contribution in [1.29, 1.82) is 0 Å². The summed E-state index contributed by atoms with van der Waals surface area (Å²) in [6, 6.07) is 9.57.